The number of anilines is 1. The first kappa shape index (κ1) is 15.4. The van der Waals surface area contributed by atoms with Gasteiger partial charge in [-0.05, 0) is 57.1 Å². The average Bonchev–Trinajstić information content (AvgIpc) is 2.41. The van der Waals surface area contributed by atoms with Crippen molar-refractivity contribution < 1.29 is 0 Å². The van der Waals surface area contributed by atoms with Crippen molar-refractivity contribution in [3.63, 3.8) is 0 Å². The van der Waals surface area contributed by atoms with E-state index in [1.807, 2.05) is 0 Å². The zero-order valence-electron chi connectivity index (χ0n) is 13.6. The number of hydrogen-bond donors (Lipinski definition) is 1. The molecule has 1 fully saturated rings. The fraction of sp³-hybridized carbons (Fsp3) is 0.667. The van der Waals surface area contributed by atoms with Crippen LogP contribution in [0, 0.1) is 19.8 Å². The normalized spacial score (nSPS) is 22.8. The van der Waals surface area contributed by atoms with E-state index in [1.165, 1.54) is 42.5 Å². The van der Waals surface area contributed by atoms with Gasteiger partial charge in [0.1, 0.15) is 0 Å². The second-order valence-electron chi connectivity index (χ2n) is 6.62. The number of nitrogens with one attached hydrogen (secondary N) is 1. The third-order valence-corrected chi connectivity index (χ3v) is 4.66. The molecule has 1 aliphatic rings. The fourth-order valence-corrected chi connectivity index (χ4v) is 3.25. The molecule has 0 unspecified atom stereocenters. The van der Waals surface area contributed by atoms with Crippen LogP contribution in [0.25, 0.3) is 0 Å². The smallest absolute Gasteiger partial charge is 0.0393 e. The summed E-state index contributed by atoms with van der Waals surface area (Å²) in [4.78, 5) is 2.37. The Balaban J connectivity index is 1.76. The number of benzene rings is 1. The first-order valence-corrected chi connectivity index (χ1v) is 8.08. The lowest BCUT2D eigenvalue weighted by Gasteiger charge is -2.28. The Kier molecular flexibility index (Phi) is 5.47. The Labute approximate surface area is 124 Å². The Morgan fingerprint density at radius 3 is 2.50 bits per heavy atom. The van der Waals surface area contributed by atoms with Crippen molar-refractivity contribution in [3.8, 4) is 0 Å². The van der Waals surface area contributed by atoms with Crippen molar-refractivity contribution in [1.29, 1.82) is 0 Å². The van der Waals surface area contributed by atoms with Crippen LogP contribution < -0.4 is 10.2 Å². The maximum Gasteiger partial charge on any atom is 0.0393 e. The number of aryl methyl sites for hydroxylation is 2. The van der Waals surface area contributed by atoms with Gasteiger partial charge in [0.15, 0.2) is 0 Å². The van der Waals surface area contributed by atoms with Crippen molar-refractivity contribution >= 4 is 5.69 Å². The molecule has 0 aromatic heterocycles. The van der Waals surface area contributed by atoms with E-state index in [0.29, 0.717) is 0 Å². The molecule has 0 atom stereocenters. The van der Waals surface area contributed by atoms with Crippen molar-refractivity contribution in [2.24, 2.45) is 5.92 Å². The molecule has 1 N–H and O–H groups in total. The van der Waals surface area contributed by atoms with E-state index in [-0.39, 0.29) is 0 Å². The lowest BCUT2D eigenvalue weighted by Crippen LogP contribution is -2.38. The van der Waals surface area contributed by atoms with E-state index in [9.17, 15) is 0 Å². The van der Waals surface area contributed by atoms with Crippen LogP contribution in [0.3, 0.4) is 0 Å². The molecular weight excluding hydrogens is 244 g/mol. The molecule has 1 aromatic rings. The van der Waals surface area contributed by atoms with Crippen molar-refractivity contribution in [2.75, 3.05) is 25.0 Å². The van der Waals surface area contributed by atoms with Crippen molar-refractivity contribution in [2.45, 2.75) is 52.5 Å². The molecule has 0 heterocycles. The number of likely N-dealkylation sites (N-methyl/N-ethyl adjacent to an activating group) is 1. The molecule has 1 aromatic carbocycles. The van der Waals surface area contributed by atoms with E-state index in [2.05, 4.69) is 56.2 Å². The number of nitrogens with zero attached hydrogens (tertiary/aromatic N) is 1. The monoisotopic (exact) mass is 274 g/mol. The predicted molar refractivity (Wildman–Crippen MR) is 88.6 cm³/mol. The lowest BCUT2D eigenvalue weighted by atomic mass is 9.87. The number of rotatable bonds is 5. The molecule has 2 heteroatoms. The maximum absolute atomic E-state index is 3.73. The van der Waals surface area contributed by atoms with Crippen LogP contribution in [-0.2, 0) is 0 Å². The van der Waals surface area contributed by atoms with Gasteiger partial charge >= 0.3 is 0 Å². The first-order valence-electron chi connectivity index (χ1n) is 8.08. The summed E-state index contributed by atoms with van der Waals surface area (Å²) in [6, 6.07) is 7.46. The molecule has 20 heavy (non-hydrogen) atoms. The van der Waals surface area contributed by atoms with Crippen LogP contribution in [0.15, 0.2) is 18.2 Å². The van der Waals surface area contributed by atoms with Gasteiger partial charge in [-0.25, -0.2) is 0 Å². The highest BCUT2D eigenvalue weighted by atomic mass is 15.1. The van der Waals surface area contributed by atoms with Gasteiger partial charge in [-0.15, -0.1) is 0 Å². The van der Waals surface area contributed by atoms with Gasteiger partial charge in [0.05, 0.1) is 0 Å². The van der Waals surface area contributed by atoms with Crippen LogP contribution in [0.1, 0.15) is 43.7 Å². The summed E-state index contributed by atoms with van der Waals surface area (Å²) < 4.78 is 0. The summed E-state index contributed by atoms with van der Waals surface area (Å²) in [6.07, 6.45) is 5.50. The topological polar surface area (TPSA) is 15.3 Å². The minimum atomic E-state index is 0.749. The van der Waals surface area contributed by atoms with Gasteiger partial charge in [0.25, 0.3) is 0 Å². The maximum atomic E-state index is 3.73. The van der Waals surface area contributed by atoms with Gasteiger partial charge in [-0.1, -0.05) is 24.6 Å². The quantitative estimate of drug-likeness (QED) is 0.876. The van der Waals surface area contributed by atoms with Gasteiger partial charge in [-0.2, -0.15) is 0 Å². The molecule has 0 radical (unpaired) electrons. The van der Waals surface area contributed by atoms with Crippen LogP contribution >= 0.6 is 0 Å². The Morgan fingerprint density at radius 1 is 1.15 bits per heavy atom. The summed E-state index contributed by atoms with van der Waals surface area (Å²) in [7, 11) is 2.20. The second kappa shape index (κ2) is 7.12. The van der Waals surface area contributed by atoms with Gasteiger partial charge < -0.3 is 10.2 Å². The molecule has 2 nitrogen and oxygen atoms in total. The third kappa shape index (κ3) is 4.24. The minimum absolute atomic E-state index is 0.749. The molecule has 0 bridgehead atoms. The molecule has 0 aliphatic heterocycles. The van der Waals surface area contributed by atoms with Crippen molar-refractivity contribution in [3.05, 3.63) is 29.3 Å². The molecule has 0 amide bonds. The van der Waals surface area contributed by atoms with E-state index in [1.54, 1.807) is 0 Å². The summed E-state index contributed by atoms with van der Waals surface area (Å²) >= 11 is 0. The summed E-state index contributed by atoms with van der Waals surface area (Å²) in [6.45, 7) is 8.90. The zero-order valence-corrected chi connectivity index (χ0v) is 13.6. The van der Waals surface area contributed by atoms with E-state index in [0.717, 1.165) is 25.0 Å². The van der Waals surface area contributed by atoms with E-state index in [4.69, 9.17) is 0 Å². The zero-order chi connectivity index (χ0) is 14.5. The predicted octanol–water partition coefficient (Wildman–Crippen LogP) is 3.91. The summed E-state index contributed by atoms with van der Waals surface area (Å²) in [5.41, 5.74) is 4.07. The highest BCUT2D eigenvalue weighted by molar-refractivity contribution is 5.53. The molecule has 0 spiro atoms. The Hall–Kier alpha value is -1.02. The first-order chi connectivity index (χ1) is 9.56. The highest BCUT2D eigenvalue weighted by Gasteiger charge is 2.17. The molecule has 2 rings (SSSR count). The van der Waals surface area contributed by atoms with Gasteiger partial charge in [-0.3, -0.25) is 0 Å². The van der Waals surface area contributed by atoms with Crippen molar-refractivity contribution in [1.82, 2.24) is 5.32 Å². The third-order valence-electron chi connectivity index (χ3n) is 4.66. The van der Waals surface area contributed by atoms with Crippen LogP contribution in [0.2, 0.25) is 0 Å². The fourth-order valence-electron chi connectivity index (χ4n) is 3.25. The molecular formula is C18H30N2. The Bertz CT molecular complexity index is 419. The lowest BCUT2D eigenvalue weighted by molar-refractivity contribution is 0.309. The van der Waals surface area contributed by atoms with E-state index >= 15 is 0 Å². The van der Waals surface area contributed by atoms with E-state index < -0.39 is 0 Å². The number of hydrogen-bond acceptors (Lipinski definition) is 2. The average molecular weight is 274 g/mol. The van der Waals surface area contributed by atoms with Crippen LogP contribution in [0.4, 0.5) is 5.69 Å². The molecule has 112 valence electrons. The summed E-state index contributed by atoms with van der Waals surface area (Å²) in [5, 5.41) is 3.73. The second-order valence-corrected chi connectivity index (χ2v) is 6.62. The minimum Gasteiger partial charge on any atom is -0.373 e. The van der Waals surface area contributed by atoms with Crippen LogP contribution in [0.5, 0.6) is 0 Å². The van der Waals surface area contributed by atoms with Gasteiger partial charge in [0, 0.05) is 31.9 Å². The highest BCUT2D eigenvalue weighted by Crippen LogP contribution is 2.23. The largest absolute Gasteiger partial charge is 0.373 e. The molecule has 1 aliphatic carbocycles. The summed E-state index contributed by atoms with van der Waals surface area (Å²) in [5.74, 6) is 0.936. The molecule has 1 saturated carbocycles. The molecule has 0 saturated heterocycles. The standard InChI is InChI=1S/C18H30N2/c1-14-5-8-17(9-6-14)19-11-12-20(4)18-10-7-15(2)13-16(18)3/h7,10,13-14,17,19H,5-6,8-9,11-12H2,1-4H3. The van der Waals surface area contributed by atoms with Crippen LogP contribution in [-0.4, -0.2) is 26.2 Å². The Morgan fingerprint density at radius 2 is 1.85 bits per heavy atom. The SMILES string of the molecule is Cc1ccc(N(C)CCNC2CCC(C)CC2)c(C)c1. The van der Waals surface area contributed by atoms with Gasteiger partial charge in [0.2, 0.25) is 0 Å².